The fourth-order valence-corrected chi connectivity index (χ4v) is 1.27. The summed E-state index contributed by atoms with van der Waals surface area (Å²) in [6.45, 7) is 0.850. The third kappa shape index (κ3) is 2.17. The smallest absolute Gasteiger partial charge is 0.202 e. The zero-order chi connectivity index (χ0) is 9.35. The number of benzene rings is 1. The van der Waals surface area contributed by atoms with Gasteiger partial charge in [0.25, 0.3) is 5.92 Å². The predicted molar refractivity (Wildman–Crippen MR) is 48.7 cm³/mol. The van der Waals surface area contributed by atoms with E-state index in [4.69, 9.17) is 11.6 Å². The van der Waals surface area contributed by atoms with E-state index in [1.807, 2.05) is 0 Å². The van der Waals surface area contributed by atoms with E-state index in [9.17, 15) is 8.78 Å². The van der Waals surface area contributed by atoms with Crippen LogP contribution in [0, 0.1) is 0 Å². The Bertz CT molecular complexity index is 294. The molecule has 0 spiro atoms. The van der Waals surface area contributed by atoms with Crippen LogP contribution in [0.5, 0.6) is 0 Å². The first-order chi connectivity index (χ1) is 5.41. The van der Waals surface area contributed by atoms with Crippen molar-refractivity contribution in [3.05, 3.63) is 33.3 Å². The molecule has 0 radical (unpaired) electrons. The van der Waals surface area contributed by atoms with Crippen LogP contribution in [-0.2, 0) is 5.92 Å². The first-order valence-electron chi connectivity index (χ1n) is 3.24. The Morgan fingerprint density at radius 2 is 2.00 bits per heavy atom. The van der Waals surface area contributed by atoms with E-state index in [0.29, 0.717) is 9.50 Å². The van der Waals surface area contributed by atoms with E-state index < -0.39 is 5.92 Å². The van der Waals surface area contributed by atoms with Crippen LogP contribution in [0.3, 0.4) is 0 Å². The molecule has 0 saturated heterocycles. The van der Waals surface area contributed by atoms with Gasteiger partial charge in [0.05, 0.1) is 5.02 Å². The first kappa shape index (κ1) is 9.93. The van der Waals surface area contributed by atoms with Crippen LogP contribution >= 0.6 is 27.5 Å². The van der Waals surface area contributed by atoms with Gasteiger partial charge in [-0.1, -0.05) is 17.7 Å². The van der Waals surface area contributed by atoms with Gasteiger partial charge < -0.3 is 0 Å². The lowest BCUT2D eigenvalue weighted by atomic mass is 10.1. The van der Waals surface area contributed by atoms with E-state index in [0.717, 1.165) is 6.92 Å². The van der Waals surface area contributed by atoms with Gasteiger partial charge in [-0.15, -0.1) is 0 Å². The normalized spacial score (nSPS) is 11.8. The topological polar surface area (TPSA) is 0 Å². The largest absolute Gasteiger partial charge is 0.270 e. The molecule has 0 aromatic heterocycles. The van der Waals surface area contributed by atoms with Gasteiger partial charge in [0.15, 0.2) is 0 Å². The molecule has 0 aliphatic carbocycles. The first-order valence-corrected chi connectivity index (χ1v) is 4.41. The number of hydrogen-bond acceptors (Lipinski definition) is 0. The molecule has 0 atom stereocenters. The van der Waals surface area contributed by atoms with Crippen molar-refractivity contribution < 1.29 is 8.78 Å². The fourth-order valence-electron chi connectivity index (χ4n) is 0.769. The number of hydrogen-bond donors (Lipinski definition) is 0. The highest BCUT2D eigenvalue weighted by atomic mass is 79.9. The molecule has 0 unspecified atom stereocenters. The van der Waals surface area contributed by atoms with Crippen LogP contribution in [0.2, 0.25) is 5.02 Å². The van der Waals surface area contributed by atoms with Crippen molar-refractivity contribution in [1.29, 1.82) is 0 Å². The van der Waals surface area contributed by atoms with Crippen LogP contribution in [0.25, 0.3) is 0 Å². The zero-order valence-electron chi connectivity index (χ0n) is 6.24. The second-order valence-corrected chi connectivity index (χ2v) is 3.78. The van der Waals surface area contributed by atoms with Gasteiger partial charge >= 0.3 is 0 Å². The van der Waals surface area contributed by atoms with Gasteiger partial charge in [-0.2, -0.15) is 0 Å². The highest BCUT2D eigenvalue weighted by Gasteiger charge is 2.24. The summed E-state index contributed by atoms with van der Waals surface area (Å²) in [5, 5.41) is 0.433. The van der Waals surface area contributed by atoms with E-state index >= 15 is 0 Å². The molecule has 66 valence electrons. The summed E-state index contributed by atoms with van der Waals surface area (Å²) in [7, 11) is 0. The Morgan fingerprint density at radius 3 is 2.42 bits per heavy atom. The molecule has 4 heteroatoms. The van der Waals surface area contributed by atoms with Crippen molar-refractivity contribution in [2.75, 3.05) is 0 Å². The molecule has 0 heterocycles. The Hall–Kier alpha value is -0.150. The minimum Gasteiger partial charge on any atom is -0.202 e. The highest BCUT2D eigenvalue weighted by molar-refractivity contribution is 9.10. The minimum atomic E-state index is -2.81. The maximum atomic E-state index is 12.7. The molecule has 0 saturated carbocycles. The molecular weight excluding hydrogens is 249 g/mol. The standard InChI is InChI=1S/C8H6BrClF2/c1-8(11,12)5-2-3-7(10)6(9)4-5/h2-4H,1H3. The van der Waals surface area contributed by atoms with Crippen molar-refractivity contribution >= 4 is 27.5 Å². The molecule has 12 heavy (non-hydrogen) atoms. The SMILES string of the molecule is CC(F)(F)c1ccc(Cl)c(Br)c1. The summed E-state index contributed by atoms with van der Waals surface area (Å²) in [6.07, 6.45) is 0. The zero-order valence-corrected chi connectivity index (χ0v) is 8.59. The Kier molecular flexibility index (Phi) is 2.74. The van der Waals surface area contributed by atoms with Crippen molar-refractivity contribution in [3.8, 4) is 0 Å². The lowest BCUT2D eigenvalue weighted by Gasteiger charge is -2.10. The number of rotatable bonds is 1. The molecule has 0 bridgehead atoms. The van der Waals surface area contributed by atoms with Gasteiger partial charge in [0.1, 0.15) is 0 Å². The second kappa shape index (κ2) is 3.30. The molecule has 1 aromatic carbocycles. The van der Waals surface area contributed by atoms with Crippen LogP contribution in [0.1, 0.15) is 12.5 Å². The third-order valence-electron chi connectivity index (χ3n) is 1.43. The quantitative estimate of drug-likeness (QED) is 0.705. The maximum Gasteiger partial charge on any atom is 0.270 e. The van der Waals surface area contributed by atoms with E-state index in [-0.39, 0.29) is 5.56 Å². The van der Waals surface area contributed by atoms with Crippen LogP contribution < -0.4 is 0 Å². The molecule has 1 rings (SSSR count). The Labute approximate surface area is 82.7 Å². The van der Waals surface area contributed by atoms with E-state index in [1.54, 1.807) is 0 Å². The van der Waals surface area contributed by atoms with Crippen LogP contribution in [-0.4, -0.2) is 0 Å². The lowest BCUT2D eigenvalue weighted by molar-refractivity contribution is 0.0174. The van der Waals surface area contributed by atoms with Gasteiger partial charge in [0, 0.05) is 17.0 Å². The molecule has 0 nitrogen and oxygen atoms in total. The molecule has 0 fully saturated rings. The Morgan fingerprint density at radius 1 is 1.42 bits per heavy atom. The van der Waals surface area contributed by atoms with Crippen molar-refractivity contribution in [2.45, 2.75) is 12.8 Å². The van der Waals surface area contributed by atoms with Crippen LogP contribution in [0.15, 0.2) is 22.7 Å². The minimum absolute atomic E-state index is 0.0428. The average Bonchev–Trinajstić information content (AvgIpc) is 1.92. The Balaban J connectivity index is 3.14. The van der Waals surface area contributed by atoms with Crippen LogP contribution in [0.4, 0.5) is 8.78 Å². The van der Waals surface area contributed by atoms with E-state index in [1.165, 1.54) is 18.2 Å². The lowest BCUT2D eigenvalue weighted by Crippen LogP contribution is -2.06. The third-order valence-corrected chi connectivity index (χ3v) is 2.64. The fraction of sp³-hybridized carbons (Fsp3) is 0.250. The molecule has 0 aliphatic rings. The number of alkyl halides is 2. The summed E-state index contributed by atoms with van der Waals surface area (Å²) >= 11 is 8.71. The van der Waals surface area contributed by atoms with Crippen molar-refractivity contribution in [3.63, 3.8) is 0 Å². The van der Waals surface area contributed by atoms with Gasteiger partial charge in [-0.25, -0.2) is 8.78 Å². The molecule has 1 aromatic rings. The molecule has 0 N–H and O–H groups in total. The van der Waals surface area contributed by atoms with Gasteiger partial charge in [-0.3, -0.25) is 0 Å². The predicted octanol–water partition coefficient (Wildman–Crippen LogP) is 4.21. The van der Waals surface area contributed by atoms with Crippen molar-refractivity contribution in [1.82, 2.24) is 0 Å². The monoisotopic (exact) mass is 254 g/mol. The van der Waals surface area contributed by atoms with Gasteiger partial charge in [-0.05, 0) is 28.1 Å². The van der Waals surface area contributed by atoms with Crippen molar-refractivity contribution in [2.24, 2.45) is 0 Å². The summed E-state index contributed by atoms with van der Waals surface area (Å²) in [5.41, 5.74) is -0.0428. The molecule has 0 aliphatic heterocycles. The molecular formula is C8H6BrClF2. The summed E-state index contributed by atoms with van der Waals surface area (Å²) in [6, 6.07) is 4.08. The summed E-state index contributed by atoms with van der Waals surface area (Å²) in [5.74, 6) is -2.81. The second-order valence-electron chi connectivity index (χ2n) is 2.52. The summed E-state index contributed by atoms with van der Waals surface area (Å²) in [4.78, 5) is 0. The highest BCUT2D eigenvalue weighted by Crippen LogP contribution is 2.31. The number of halogens is 4. The summed E-state index contributed by atoms with van der Waals surface area (Å²) < 4.78 is 25.9. The maximum absolute atomic E-state index is 12.7. The molecule has 0 amide bonds. The average molecular weight is 255 g/mol. The van der Waals surface area contributed by atoms with E-state index in [2.05, 4.69) is 15.9 Å². The van der Waals surface area contributed by atoms with Gasteiger partial charge in [0.2, 0.25) is 0 Å².